The summed E-state index contributed by atoms with van der Waals surface area (Å²) < 4.78 is 1.97. The van der Waals surface area contributed by atoms with Crippen molar-refractivity contribution in [3.63, 3.8) is 0 Å². The summed E-state index contributed by atoms with van der Waals surface area (Å²) in [6.45, 7) is 6.40. The van der Waals surface area contributed by atoms with Gasteiger partial charge in [-0.1, -0.05) is 25.5 Å². The highest BCUT2D eigenvalue weighted by Gasteiger charge is 2.14. The molecular formula is C11H20N4. The van der Waals surface area contributed by atoms with Crippen LogP contribution in [0.2, 0.25) is 0 Å². The van der Waals surface area contributed by atoms with E-state index in [1.165, 1.54) is 19.3 Å². The fourth-order valence-electron chi connectivity index (χ4n) is 1.97. The third-order valence-corrected chi connectivity index (χ3v) is 2.97. The molecule has 1 fully saturated rings. The molecule has 1 unspecified atom stereocenters. The van der Waals surface area contributed by atoms with Crippen LogP contribution in [0.3, 0.4) is 0 Å². The Morgan fingerprint density at radius 3 is 3.00 bits per heavy atom. The van der Waals surface area contributed by atoms with E-state index in [9.17, 15) is 0 Å². The quantitative estimate of drug-likeness (QED) is 0.819. The Bertz CT molecular complexity index is 299. The van der Waals surface area contributed by atoms with Gasteiger partial charge in [-0.3, -0.25) is 4.68 Å². The lowest BCUT2D eigenvalue weighted by Gasteiger charge is -2.22. The Morgan fingerprint density at radius 1 is 1.53 bits per heavy atom. The van der Waals surface area contributed by atoms with Gasteiger partial charge in [0.25, 0.3) is 0 Å². The lowest BCUT2D eigenvalue weighted by atomic mass is 10.1. The average molecular weight is 208 g/mol. The molecule has 1 aliphatic heterocycles. The summed E-state index contributed by atoms with van der Waals surface area (Å²) in [6.07, 6.45) is 5.98. The molecule has 1 N–H and O–H groups in total. The summed E-state index contributed by atoms with van der Waals surface area (Å²) in [4.78, 5) is 0. The smallest absolute Gasteiger partial charge is 0.0852 e. The number of hydrogen-bond donors (Lipinski definition) is 1. The Labute approximate surface area is 91.1 Å². The maximum absolute atomic E-state index is 4.17. The first-order valence-electron chi connectivity index (χ1n) is 5.89. The number of aromatic nitrogens is 3. The molecule has 4 heteroatoms. The van der Waals surface area contributed by atoms with Gasteiger partial charge in [0.2, 0.25) is 0 Å². The van der Waals surface area contributed by atoms with E-state index < -0.39 is 0 Å². The van der Waals surface area contributed by atoms with Gasteiger partial charge in [0.05, 0.1) is 12.2 Å². The molecular weight excluding hydrogens is 188 g/mol. The van der Waals surface area contributed by atoms with Crippen LogP contribution in [0.4, 0.5) is 0 Å². The normalized spacial score (nSPS) is 22.2. The van der Waals surface area contributed by atoms with Gasteiger partial charge in [-0.05, 0) is 25.3 Å². The monoisotopic (exact) mass is 208 g/mol. The van der Waals surface area contributed by atoms with E-state index in [0.29, 0.717) is 12.0 Å². The maximum Gasteiger partial charge on any atom is 0.0852 e. The van der Waals surface area contributed by atoms with Crippen molar-refractivity contribution in [2.24, 2.45) is 0 Å². The molecule has 0 saturated carbocycles. The highest BCUT2D eigenvalue weighted by molar-refractivity contribution is 4.98. The number of nitrogens with one attached hydrogen (secondary N) is 1. The minimum absolute atomic E-state index is 0.470. The second-order valence-electron chi connectivity index (χ2n) is 4.67. The van der Waals surface area contributed by atoms with Gasteiger partial charge in [-0.25, -0.2) is 0 Å². The molecule has 0 aromatic carbocycles. The summed E-state index contributed by atoms with van der Waals surface area (Å²) in [5.41, 5.74) is 1.09. The molecule has 84 valence electrons. The topological polar surface area (TPSA) is 42.7 Å². The molecule has 0 bridgehead atoms. The highest BCUT2D eigenvalue weighted by atomic mass is 15.4. The Kier molecular flexibility index (Phi) is 3.36. The van der Waals surface area contributed by atoms with Crippen LogP contribution in [0.25, 0.3) is 0 Å². The van der Waals surface area contributed by atoms with Crippen molar-refractivity contribution in [3.05, 3.63) is 11.9 Å². The van der Waals surface area contributed by atoms with Crippen LogP contribution < -0.4 is 5.32 Å². The molecule has 0 radical (unpaired) electrons. The van der Waals surface area contributed by atoms with Gasteiger partial charge in [0.15, 0.2) is 0 Å². The number of nitrogens with zero attached hydrogens (tertiary/aromatic N) is 3. The fourth-order valence-corrected chi connectivity index (χ4v) is 1.97. The van der Waals surface area contributed by atoms with Gasteiger partial charge >= 0.3 is 0 Å². The Hall–Kier alpha value is -0.900. The molecule has 15 heavy (non-hydrogen) atoms. The van der Waals surface area contributed by atoms with Crippen LogP contribution in [0.15, 0.2) is 6.20 Å². The molecule has 2 heterocycles. The van der Waals surface area contributed by atoms with E-state index in [1.807, 2.05) is 4.68 Å². The first kappa shape index (κ1) is 10.6. The van der Waals surface area contributed by atoms with Crippen LogP contribution in [-0.4, -0.2) is 27.6 Å². The summed E-state index contributed by atoms with van der Waals surface area (Å²) in [5, 5.41) is 11.8. The van der Waals surface area contributed by atoms with Gasteiger partial charge in [-0.15, -0.1) is 5.10 Å². The van der Waals surface area contributed by atoms with Crippen LogP contribution in [0.5, 0.6) is 0 Å². The summed E-state index contributed by atoms with van der Waals surface area (Å²) in [6, 6.07) is 0.584. The molecule has 1 aliphatic rings. The third kappa shape index (κ3) is 2.78. The van der Waals surface area contributed by atoms with Crippen LogP contribution >= 0.6 is 0 Å². The van der Waals surface area contributed by atoms with Crippen molar-refractivity contribution in [2.75, 3.05) is 6.54 Å². The molecule has 4 nitrogen and oxygen atoms in total. The van der Waals surface area contributed by atoms with E-state index in [4.69, 9.17) is 0 Å². The molecule has 1 aromatic heterocycles. The number of rotatable bonds is 3. The average Bonchev–Trinajstić information content (AvgIpc) is 2.68. The van der Waals surface area contributed by atoms with E-state index in [-0.39, 0.29) is 0 Å². The Morgan fingerprint density at radius 2 is 2.40 bits per heavy atom. The van der Waals surface area contributed by atoms with Crippen molar-refractivity contribution in [1.82, 2.24) is 20.3 Å². The summed E-state index contributed by atoms with van der Waals surface area (Å²) in [5.74, 6) is 0.470. The first-order valence-corrected chi connectivity index (χ1v) is 5.89. The molecule has 2 rings (SSSR count). The van der Waals surface area contributed by atoms with Crippen molar-refractivity contribution >= 4 is 0 Å². The number of piperidine rings is 1. The van der Waals surface area contributed by atoms with E-state index >= 15 is 0 Å². The van der Waals surface area contributed by atoms with Crippen molar-refractivity contribution in [3.8, 4) is 0 Å². The van der Waals surface area contributed by atoms with Gasteiger partial charge in [-0.2, -0.15) is 0 Å². The highest BCUT2D eigenvalue weighted by Crippen LogP contribution is 2.11. The van der Waals surface area contributed by atoms with Gasteiger partial charge in [0.1, 0.15) is 0 Å². The Balaban J connectivity index is 1.91. The molecule has 0 spiro atoms. The summed E-state index contributed by atoms with van der Waals surface area (Å²) in [7, 11) is 0. The summed E-state index contributed by atoms with van der Waals surface area (Å²) >= 11 is 0. The minimum Gasteiger partial charge on any atom is -0.312 e. The van der Waals surface area contributed by atoms with E-state index in [2.05, 4.69) is 35.7 Å². The van der Waals surface area contributed by atoms with Crippen LogP contribution in [0.1, 0.15) is 44.7 Å². The van der Waals surface area contributed by atoms with Crippen molar-refractivity contribution in [1.29, 1.82) is 0 Å². The zero-order valence-electron chi connectivity index (χ0n) is 9.61. The largest absolute Gasteiger partial charge is 0.312 e. The van der Waals surface area contributed by atoms with E-state index in [1.54, 1.807) is 0 Å². The zero-order valence-corrected chi connectivity index (χ0v) is 9.61. The molecule has 1 aromatic rings. The molecule has 0 amide bonds. The zero-order chi connectivity index (χ0) is 10.7. The van der Waals surface area contributed by atoms with Gasteiger partial charge in [0, 0.05) is 12.2 Å². The van der Waals surface area contributed by atoms with Crippen molar-refractivity contribution in [2.45, 2.75) is 51.6 Å². The fraction of sp³-hybridized carbons (Fsp3) is 0.818. The lowest BCUT2D eigenvalue weighted by Crippen LogP contribution is -2.37. The third-order valence-electron chi connectivity index (χ3n) is 2.97. The van der Waals surface area contributed by atoms with Crippen LogP contribution in [0, 0.1) is 0 Å². The van der Waals surface area contributed by atoms with Crippen LogP contribution in [-0.2, 0) is 6.54 Å². The maximum atomic E-state index is 4.17. The lowest BCUT2D eigenvalue weighted by molar-refractivity contribution is 0.348. The predicted molar refractivity (Wildman–Crippen MR) is 59.8 cm³/mol. The second kappa shape index (κ2) is 4.75. The van der Waals surface area contributed by atoms with E-state index in [0.717, 1.165) is 18.8 Å². The minimum atomic E-state index is 0.470. The second-order valence-corrected chi connectivity index (χ2v) is 4.67. The molecule has 0 aliphatic carbocycles. The van der Waals surface area contributed by atoms with Crippen molar-refractivity contribution < 1.29 is 0 Å². The standard InChI is InChI=1S/C11H20N4/c1-9(2)11-8-15(14-13-11)7-10-5-3-4-6-12-10/h8-10,12H,3-7H2,1-2H3. The predicted octanol–water partition coefficient (Wildman–Crippen LogP) is 1.54. The first-order chi connectivity index (χ1) is 7.25. The number of hydrogen-bond acceptors (Lipinski definition) is 3. The molecule has 1 atom stereocenters. The van der Waals surface area contributed by atoms with Gasteiger partial charge < -0.3 is 5.32 Å². The SMILES string of the molecule is CC(C)c1cn(CC2CCCCN2)nn1. The molecule has 1 saturated heterocycles.